The van der Waals surface area contributed by atoms with E-state index >= 15 is 0 Å². The van der Waals surface area contributed by atoms with Crippen molar-refractivity contribution in [2.45, 2.75) is 52.5 Å². The van der Waals surface area contributed by atoms with Crippen molar-refractivity contribution in [1.82, 2.24) is 0 Å². The molecule has 0 saturated heterocycles. The number of hydrogen-bond acceptors (Lipinski definition) is 8. The predicted octanol–water partition coefficient (Wildman–Crippen LogP) is 4.83. The van der Waals surface area contributed by atoms with E-state index in [1.54, 1.807) is 0 Å². The number of benzene rings is 2. The smallest absolute Gasteiger partial charge is 0.432 e. The van der Waals surface area contributed by atoms with Crippen molar-refractivity contribution >= 4 is 31.9 Å². The van der Waals surface area contributed by atoms with Crippen molar-refractivity contribution in [2.24, 2.45) is 0 Å². The lowest BCUT2D eigenvalue weighted by Crippen LogP contribution is -2.52. The van der Waals surface area contributed by atoms with E-state index in [-0.39, 0.29) is 6.92 Å². The summed E-state index contributed by atoms with van der Waals surface area (Å²) in [6, 6.07) is 4.58. The Morgan fingerprint density at radius 1 is 0.643 bits per heavy atom. The summed E-state index contributed by atoms with van der Waals surface area (Å²) in [5.74, 6) is -8.62. The van der Waals surface area contributed by atoms with E-state index in [9.17, 15) is 70.3 Å². The number of carbonyl (C=O) groups excluding carboxylic acids is 2. The molecule has 0 radical (unpaired) electrons. The summed E-state index contributed by atoms with van der Waals surface area (Å²) >= 11 is 0. The Balaban J connectivity index is 2.28. The van der Waals surface area contributed by atoms with Crippen LogP contribution in [0.3, 0.4) is 0 Å². The van der Waals surface area contributed by atoms with Gasteiger partial charge in [0.25, 0.3) is 18.1 Å². The lowest BCUT2D eigenvalue weighted by molar-refractivity contribution is -0.263. The predicted molar refractivity (Wildman–Crippen MR) is 116 cm³/mol. The molecule has 21 heteroatoms. The molecular formula is C21H14F10O9S2. The number of halogens is 10. The number of carbonyl (C=O) groups is 2. The van der Waals surface area contributed by atoms with Gasteiger partial charge in [-0.1, -0.05) is 0 Å². The van der Waals surface area contributed by atoms with Crippen LogP contribution in [0.5, 0.6) is 0 Å². The highest BCUT2D eigenvalue weighted by atomic mass is 32.2. The molecule has 2 atom stereocenters. The van der Waals surface area contributed by atoms with Gasteiger partial charge in [0.15, 0.2) is 0 Å². The number of esters is 2. The van der Waals surface area contributed by atoms with Crippen molar-refractivity contribution in [1.29, 1.82) is 0 Å². The molecule has 2 unspecified atom stereocenters. The summed E-state index contributed by atoms with van der Waals surface area (Å²) < 4.78 is 194. The van der Waals surface area contributed by atoms with Crippen LogP contribution in [0.25, 0.3) is 0 Å². The fourth-order valence-corrected chi connectivity index (χ4v) is 4.66. The fourth-order valence-electron chi connectivity index (χ4n) is 2.95. The first kappa shape index (κ1) is 34.7. The lowest BCUT2D eigenvalue weighted by Gasteiger charge is -2.26. The molecule has 2 rings (SSSR count). The van der Waals surface area contributed by atoms with E-state index in [2.05, 4.69) is 9.47 Å². The molecule has 234 valence electrons. The number of alkyl halides is 10. The third-order valence-electron chi connectivity index (χ3n) is 4.95. The van der Waals surface area contributed by atoms with Gasteiger partial charge in [-0.2, -0.15) is 43.5 Å². The van der Waals surface area contributed by atoms with Gasteiger partial charge in [0.1, 0.15) is 0 Å². The van der Waals surface area contributed by atoms with Gasteiger partial charge in [0, 0.05) is 6.92 Å². The second kappa shape index (κ2) is 11.3. The molecule has 0 saturated carbocycles. The van der Waals surface area contributed by atoms with Crippen LogP contribution >= 0.6 is 0 Å². The monoisotopic (exact) mass is 664 g/mol. The van der Waals surface area contributed by atoms with Gasteiger partial charge in [-0.3, -0.25) is 4.55 Å². The van der Waals surface area contributed by atoms with Gasteiger partial charge in [0.05, 0.1) is 20.9 Å². The third kappa shape index (κ3) is 7.68. The van der Waals surface area contributed by atoms with Crippen molar-refractivity contribution in [3.8, 4) is 0 Å². The van der Waals surface area contributed by atoms with Crippen molar-refractivity contribution in [2.75, 3.05) is 0 Å². The van der Waals surface area contributed by atoms with Crippen LogP contribution in [0.15, 0.2) is 58.3 Å². The van der Waals surface area contributed by atoms with Gasteiger partial charge < -0.3 is 9.47 Å². The molecule has 0 fully saturated rings. The van der Waals surface area contributed by atoms with Crippen LogP contribution in [0.2, 0.25) is 0 Å². The van der Waals surface area contributed by atoms with Crippen molar-refractivity contribution in [3.05, 3.63) is 59.7 Å². The Morgan fingerprint density at radius 3 is 1.21 bits per heavy atom. The zero-order valence-electron chi connectivity index (χ0n) is 20.1. The topological polar surface area (TPSA) is 141 Å². The molecule has 2 aromatic carbocycles. The molecule has 0 bridgehead atoms. The van der Waals surface area contributed by atoms with Gasteiger partial charge in [-0.15, -0.1) is 0 Å². The van der Waals surface area contributed by atoms with Crippen LogP contribution in [0.4, 0.5) is 43.9 Å². The second-order valence-corrected chi connectivity index (χ2v) is 11.6. The van der Waals surface area contributed by atoms with Gasteiger partial charge in [-0.05, 0) is 48.5 Å². The maximum absolute atomic E-state index is 13.6. The molecular weight excluding hydrogens is 650 g/mol. The van der Waals surface area contributed by atoms with E-state index in [4.69, 9.17) is 4.55 Å². The highest BCUT2D eigenvalue weighted by Crippen LogP contribution is 2.39. The maximum atomic E-state index is 13.6. The summed E-state index contributed by atoms with van der Waals surface area (Å²) in [5, 5.41) is -6.02. The standard InChI is InChI=1S/C21H14F10O9S2/c1-18(22,23)16(19(24,25)26)39-14(32)10-2-6-12(7-3-10)41(34,35)13-8-4-11(5-9-13)15(33)40-17(20(27,28)29)21(30,31)42(36,37)38/h2-9,16-17H,1H3,(H,36,37,38). The lowest BCUT2D eigenvalue weighted by atomic mass is 10.2. The SMILES string of the molecule is CC(F)(F)C(OC(=O)c1ccc(S(=O)(=O)c2ccc(C(=O)OC(C(F)(F)F)C(F)(F)S(=O)(=O)O)cc2)cc1)C(F)(F)F. The Labute approximate surface area is 228 Å². The molecule has 2 aromatic rings. The normalized spacial score (nSPS) is 15.0. The summed E-state index contributed by atoms with van der Waals surface area (Å²) in [6.45, 7) is -0.150. The molecule has 0 aliphatic heterocycles. The van der Waals surface area contributed by atoms with E-state index < -0.39 is 88.5 Å². The minimum Gasteiger partial charge on any atom is -0.443 e. The first-order chi connectivity index (χ1) is 18.7. The summed E-state index contributed by atoms with van der Waals surface area (Å²) in [4.78, 5) is 22.5. The van der Waals surface area contributed by atoms with E-state index in [0.717, 1.165) is 0 Å². The third-order valence-corrected chi connectivity index (χ3v) is 7.64. The van der Waals surface area contributed by atoms with Gasteiger partial charge >= 0.3 is 39.7 Å². The zero-order chi connectivity index (χ0) is 32.7. The van der Waals surface area contributed by atoms with Crippen LogP contribution in [-0.4, -0.2) is 69.1 Å². The summed E-state index contributed by atoms with van der Waals surface area (Å²) in [5.41, 5.74) is -1.76. The van der Waals surface area contributed by atoms with Gasteiger partial charge in [0.2, 0.25) is 9.84 Å². The average Bonchev–Trinajstić information content (AvgIpc) is 2.82. The average molecular weight is 664 g/mol. The molecule has 0 heterocycles. The minimum absolute atomic E-state index is 0.150. The Bertz CT molecular complexity index is 1510. The van der Waals surface area contributed by atoms with Crippen LogP contribution in [-0.2, 0) is 29.4 Å². The molecule has 0 aromatic heterocycles. The molecule has 42 heavy (non-hydrogen) atoms. The second-order valence-electron chi connectivity index (χ2n) is 8.20. The number of hydrogen-bond donors (Lipinski definition) is 1. The minimum atomic E-state index is -6.72. The molecule has 0 aliphatic carbocycles. The zero-order valence-corrected chi connectivity index (χ0v) is 21.7. The number of rotatable bonds is 9. The van der Waals surface area contributed by atoms with Crippen LogP contribution < -0.4 is 0 Å². The first-order valence-corrected chi connectivity index (χ1v) is 13.4. The van der Waals surface area contributed by atoms with E-state index in [0.29, 0.717) is 48.5 Å². The number of sulfone groups is 1. The molecule has 1 N–H and O–H groups in total. The molecule has 0 amide bonds. The summed E-state index contributed by atoms with van der Waals surface area (Å²) in [7, 11) is -11.3. The van der Waals surface area contributed by atoms with E-state index in [1.165, 1.54) is 0 Å². The molecule has 9 nitrogen and oxygen atoms in total. The molecule has 0 spiro atoms. The van der Waals surface area contributed by atoms with E-state index in [1.807, 2.05) is 0 Å². The van der Waals surface area contributed by atoms with Crippen molar-refractivity contribution in [3.63, 3.8) is 0 Å². The quantitative estimate of drug-likeness (QED) is 0.227. The Hall–Kier alpha value is -3.46. The Kier molecular flexibility index (Phi) is 9.36. The summed E-state index contributed by atoms with van der Waals surface area (Å²) in [6.07, 6.45) is -20.3. The molecule has 0 aliphatic rings. The first-order valence-electron chi connectivity index (χ1n) is 10.4. The Morgan fingerprint density at radius 2 is 0.952 bits per heavy atom. The number of ether oxygens (including phenoxy) is 2. The highest BCUT2D eigenvalue weighted by molar-refractivity contribution is 7.91. The maximum Gasteiger partial charge on any atom is 0.432 e. The van der Waals surface area contributed by atoms with Crippen LogP contribution in [0, 0.1) is 0 Å². The largest absolute Gasteiger partial charge is 0.443 e. The van der Waals surface area contributed by atoms with Crippen molar-refractivity contribution < 1.29 is 84.4 Å². The highest BCUT2D eigenvalue weighted by Gasteiger charge is 2.66. The van der Waals surface area contributed by atoms with Gasteiger partial charge in [-0.25, -0.2) is 26.8 Å². The fraction of sp³-hybridized carbons (Fsp3) is 0.333. The van der Waals surface area contributed by atoms with Crippen LogP contribution in [0.1, 0.15) is 27.6 Å².